The maximum Gasteiger partial charge on any atom is 0.329 e. The fourth-order valence-corrected chi connectivity index (χ4v) is 3.18. The van der Waals surface area contributed by atoms with Crippen LogP contribution in [0.5, 0.6) is 0 Å². The molecule has 0 unspecified atom stereocenters. The van der Waals surface area contributed by atoms with E-state index in [1.807, 2.05) is 6.07 Å². The number of nitrogens with one attached hydrogen (secondary N) is 2. The van der Waals surface area contributed by atoms with E-state index >= 15 is 0 Å². The quantitative estimate of drug-likeness (QED) is 0.802. The Bertz CT molecular complexity index is 923. The molecule has 2 aromatic rings. The Kier molecular flexibility index (Phi) is 4.53. The molecular formula is C17H15N3O4S. The second-order valence-electron chi connectivity index (χ2n) is 5.30. The van der Waals surface area contributed by atoms with Gasteiger partial charge in [0.15, 0.2) is 0 Å². The number of rotatable bonds is 5. The number of urea groups is 1. The number of benzene rings is 2. The standard InChI is InChI=1S/C17H15N3O4S/c21-16-12-18-17(22)20(16)15-8-4-7-14(11-15)19-25(23,24)10-9-13-5-2-1-3-6-13/h1-11,19H,12H2,(H,18,22). The Hall–Kier alpha value is -3.13. The van der Waals surface area contributed by atoms with Gasteiger partial charge in [-0.1, -0.05) is 36.4 Å². The molecule has 0 aliphatic carbocycles. The van der Waals surface area contributed by atoms with E-state index in [-0.39, 0.29) is 12.2 Å². The second-order valence-corrected chi connectivity index (χ2v) is 6.86. The molecule has 8 heteroatoms. The van der Waals surface area contributed by atoms with Crippen molar-refractivity contribution < 1.29 is 18.0 Å². The van der Waals surface area contributed by atoms with Gasteiger partial charge in [0.05, 0.1) is 23.3 Å². The van der Waals surface area contributed by atoms with E-state index in [0.29, 0.717) is 5.69 Å². The fraction of sp³-hybridized carbons (Fsp3) is 0.0588. The summed E-state index contributed by atoms with van der Waals surface area (Å²) in [5.41, 5.74) is 1.30. The van der Waals surface area contributed by atoms with Crippen molar-refractivity contribution in [1.29, 1.82) is 0 Å². The molecule has 1 heterocycles. The smallest absolute Gasteiger partial charge is 0.328 e. The van der Waals surface area contributed by atoms with Crippen LogP contribution in [0.4, 0.5) is 16.2 Å². The molecule has 0 spiro atoms. The van der Waals surface area contributed by atoms with E-state index in [2.05, 4.69) is 10.0 Å². The molecule has 7 nitrogen and oxygen atoms in total. The number of nitrogens with zero attached hydrogens (tertiary/aromatic N) is 1. The molecule has 1 aliphatic rings. The number of imide groups is 1. The van der Waals surface area contributed by atoms with Gasteiger partial charge in [-0.05, 0) is 29.8 Å². The van der Waals surface area contributed by atoms with E-state index in [4.69, 9.17) is 0 Å². The Morgan fingerprint density at radius 3 is 2.48 bits per heavy atom. The molecule has 0 radical (unpaired) electrons. The van der Waals surface area contributed by atoms with Crippen LogP contribution in [0.25, 0.3) is 6.08 Å². The topological polar surface area (TPSA) is 95.6 Å². The molecule has 0 saturated carbocycles. The second kappa shape index (κ2) is 6.78. The van der Waals surface area contributed by atoms with Crippen molar-refractivity contribution >= 4 is 39.4 Å². The van der Waals surface area contributed by atoms with Gasteiger partial charge in [0.2, 0.25) is 0 Å². The van der Waals surface area contributed by atoms with Gasteiger partial charge < -0.3 is 5.32 Å². The van der Waals surface area contributed by atoms with Gasteiger partial charge in [0, 0.05) is 0 Å². The molecule has 2 aromatic carbocycles. The molecule has 1 aliphatic heterocycles. The zero-order chi connectivity index (χ0) is 17.9. The largest absolute Gasteiger partial charge is 0.329 e. The Morgan fingerprint density at radius 2 is 1.80 bits per heavy atom. The third kappa shape index (κ3) is 4.04. The van der Waals surface area contributed by atoms with Crippen LogP contribution in [0.3, 0.4) is 0 Å². The summed E-state index contributed by atoms with van der Waals surface area (Å²) in [4.78, 5) is 24.4. The summed E-state index contributed by atoms with van der Waals surface area (Å²) in [5, 5.41) is 3.47. The highest BCUT2D eigenvalue weighted by atomic mass is 32.2. The van der Waals surface area contributed by atoms with Crippen LogP contribution >= 0.6 is 0 Å². The lowest BCUT2D eigenvalue weighted by atomic mass is 10.2. The number of sulfonamides is 1. The zero-order valence-electron chi connectivity index (χ0n) is 13.0. The van der Waals surface area contributed by atoms with Crippen molar-refractivity contribution in [2.45, 2.75) is 0 Å². The van der Waals surface area contributed by atoms with Crippen LogP contribution in [-0.4, -0.2) is 26.9 Å². The first kappa shape index (κ1) is 16.7. The summed E-state index contributed by atoms with van der Waals surface area (Å²) in [6, 6.07) is 14.6. The highest BCUT2D eigenvalue weighted by molar-refractivity contribution is 7.95. The van der Waals surface area contributed by atoms with E-state index in [1.165, 1.54) is 18.2 Å². The summed E-state index contributed by atoms with van der Waals surface area (Å²) in [6.45, 7) is -0.0748. The number of carbonyl (C=O) groups is 2. The maximum absolute atomic E-state index is 12.2. The lowest BCUT2D eigenvalue weighted by Crippen LogP contribution is -2.30. The first-order valence-electron chi connectivity index (χ1n) is 7.41. The SMILES string of the molecule is O=C1CNC(=O)N1c1cccc(NS(=O)(=O)C=Cc2ccccc2)c1. The van der Waals surface area contributed by atoms with Gasteiger partial charge in [-0.3, -0.25) is 9.52 Å². The van der Waals surface area contributed by atoms with Gasteiger partial charge >= 0.3 is 6.03 Å². The number of amides is 3. The third-order valence-corrected chi connectivity index (χ3v) is 4.46. The summed E-state index contributed by atoms with van der Waals surface area (Å²) < 4.78 is 26.8. The number of hydrogen-bond acceptors (Lipinski definition) is 4. The van der Waals surface area contributed by atoms with Gasteiger partial charge in [-0.25, -0.2) is 18.1 Å². The van der Waals surface area contributed by atoms with E-state index in [9.17, 15) is 18.0 Å². The molecule has 3 amide bonds. The van der Waals surface area contributed by atoms with Crippen molar-refractivity contribution in [3.05, 3.63) is 65.6 Å². The first-order valence-corrected chi connectivity index (χ1v) is 8.96. The van der Waals surface area contributed by atoms with Crippen molar-refractivity contribution in [2.75, 3.05) is 16.2 Å². The van der Waals surface area contributed by atoms with E-state index in [1.54, 1.807) is 36.4 Å². The molecule has 2 N–H and O–H groups in total. The lowest BCUT2D eigenvalue weighted by molar-refractivity contribution is -0.115. The van der Waals surface area contributed by atoms with Crippen molar-refractivity contribution in [1.82, 2.24) is 5.32 Å². The van der Waals surface area contributed by atoms with E-state index < -0.39 is 22.0 Å². The van der Waals surface area contributed by atoms with E-state index in [0.717, 1.165) is 15.9 Å². The highest BCUT2D eigenvalue weighted by Gasteiger charge is 2.30. The normalized spacial score (nSPS) is 14.8. The summed E-state index contributed by atoms with van der Waals surface area (Å²) in [6.07, 6.45) is 1.48. The van der Waals surface area contributed by atoms with Gasteiger partial charge in [0.1, 0.15) is 0 Å². The molecule has 1 saturated heterocycles. The maximum atomic E-state index is 12.2. The zero-order valence-corrected chi connectivity index (χ0v) is 13.9. The third-order valence-electron chi connectivity index (χ3n) is 3.45. The Labute approximate surface area is 145 Å². The molecule has 3 rings (SSSR count). The van der Waals surface area contributed by atoms with Gasteiger partial charge in [0.25, 0.3) is 15.9 Å². The monoisotopic (exact) mass is 357 g/mol. The minimum Gasteiger partial charge on any atom is -0.328 e. The molecule has 0 atom stereocenters. The number of carbonyl (C=O) groups excluding carboxylic acids is 2. The lowest BCUT2D eigenvalue weighted by Gasteiger charge is -2.14. The van der Waals surface area contributed by atoms with Crippen molar-refractivity contribution in [2.24, 2.45) is 0 Å². The predicted molar refractivity (Wildman–Crippen MR) is 95.3 cm³/mol. The molecule has 128 valence electrons. The van der Waals surface area contributed by atoms with Crippen LogP contribution in [-0.2, 0) is 14.8 Å². The number of anilines is 2. The summed E-state index contributed by atoms with van der Waals surface area (Å²) in [5.74, 6) is -0.394. The van der Waals surface area contributed by atoms with Crippen molar-refractivity contribution in [3.63, 3.8) is 0 Å². The predicted octanol–water partition coefficient (Wildman–Crippen LogP) is 2.16. The first-order chi connectivity index (χ1) is 11.9. The number of hydrogen-bond donors (Lipinski definition) is 2. The van der Waals surface area contributed by atoms with Gasteiger partial charge in [-0.2, -0.15) is 0 Å². The minimum atomic E-state index is -3.73. The summed E-state index contributed by atoms with van der Waals surface area (Å²) in [7, 11) is -3.73. The van der Waals surface area contributed by atoms with Crippen LogP contribution in [0, 0.1) is 0 Å². The molecule has 25 heavy (non-hydrogen) atoms. The van der Waals surface area contributed by atoms with Crippen LogP contribution < -0.4 is 14.9 Å². The van der Waals surface area contributed by atoms with Crippen LogP contribution in [0.15, 0.2) is 60.0 Å². The average Bonchev–Trinajstić information content (AvgIpc) is 2.93. The molecule has 1 fully saturated rings. The van der Waals surface area contributed by atoms with Crippen LogP contribution in [0.2, 0.25) is 0 Å². The Morgan fingerprint density at radius 1 is 1.04 bits per heavy atom. The minimum absolute atomic E-state index is 0.0748. The Balaban J connectivity index is 1.79. The average molecular weight is 357 g/mol. The molecule has 0 aromatic heterocycles. The molecule has 0 bridgehead atoms. The summed E-state index contributed by atoms with van der Waals surface area (Å²) >= 11 is 0. The fourth-order valence-electron chi connectivity index (χ4n) is 2.32. The highest BCUT2D eigenvalue weighted by Crippen LogP contribution is 2.22. The van der Waals surface area contributed by atoms with Gasteiger partial charge in [-0.15, -0.1) is 0 Å². The van der Waals surface area contributed by atoms with Crippen LogP contribution in [0.1, 0.15) is 5.56 Å². The molecular weight excluding hydrogens is 342 g/mol. The van der Waals surface area contributed by atoms with Crippen molar-refractivity contribution in [3.8, 4) is 0 Å².